The molecule has 4 heterocycles. The normalized spacial score (nSPS) is 16.6. The van der Waals surface area contributed by atoms with Gasteiger partial charge >= 0.3 is 0 Å². The minimum Gasteiger partial charge on any atom is -0.489 e. The fourth-order valence-corrected chi connectivity index (χ4v) is 4.40. The molecule has 2 aliphatic rings. The lowest BCUT2D eigenvalue weighted by Gasteiger charge is -2.31. The lowest BCUT2D eigenvalue weighted by molar-refractivity contribution is 0.0668. The maximum Gasteiger partial charge on any atom is 0.261 e. The second-order valence-electron chi connectivity index (χ2n) is 8.49. The van der Waals surface area contributed by atoms with Gasteiger partial charge in [0.2, 0.25) is 0 Å². The molecule has 1 saturated heterocycles. The fraction of sp³-hybridized carbons (Fsp3) is 0.391. The third-order valence-corrected chi connectivity index (χ3v) is 5.92. The molecule has 0 spiro atoms. The number of carbonyl (C=O) groups excluding carboxylic acids is 2. The number of amides is 2. The van der Waals surface area contributed by atoms with E-state index in [4.69, 9.17) is 4.74 Å². The van der Waals surface area contributed by atoms with E-state index in [1.165, 1.54) is 6.20 Å². The van der Waals surface area contributed by atoms with Crippen molar-refractivity contribution in [3.05, 3.63) is 53.5 Å². The Hall–Kier alpha value is -3.46. The molecule has 0 unspecified atom stereocenters. The van der Waals surface area contributed by atoms with Gasteiger partial charge in [-0.1, -0.05) is 0 Å². The molecule has 1 aromatic carbocycles. The van der Waals surface area contributed by atoms with Crippen LogP contribution in [-0.4, -0.2) is 56.5 Å². The Labute approximate surface area is 185 Å². The summed E-state index contributed by atoms with van der Waals surface area (Å²) in [6, 6.07) is 5.61. The highest BCUT2D eigenvalue weighted by molar-refractivity contribution is 6.09. The number of ether oxygens (including phenoxy) is 1. The van der Waals surface area contributed by atoms with Crippen molar-refractivity contribution in [2.24, 2.45) is 0 Å². The molecular weight excluding hydrogens is 408 g/mol. The van der Waals surface area contributed by atoms with E-state index in [0.29, 0.717) is 34.8 Å². The van der Waals surface area contributed by atoms with Crippen LogP contribution in [0, 0.1) is 0 Å². The highest BCUT2D eigenvalue weighted by atomic mass is 16.5. The standard InChI is InChI=1S/C23H26N6O3/c1-14(2)32-20-11-17-15(13-28(23(17)31)16-4-7-24-8-5-16)10-19(20)27-22(30)18-12-26-29-9-3-6-25-21(18)29/h3,6,9-12,14,16,24H,4-5,7-8,13H2,1-2H3,(H,27,30). The Morgan fingerprint density at radius 1 is 1.28 bits per heavy atom. The molecule has 5 rings (SSSR count). The van der Waals surface area contributed by atoms with E-state index >= 15 is 0 Å². The number of benzene rings is 1. The maximum atomic E-state index is 13.1. The number of carbonyl (C=O) groups is 2. The third-order valence-electron chi connectivity index (χ3n) is 5.92. The lowest BCUT2D eigenvalue weighted by atomic mass is 10.1. The second-order valence-corrected chi connectivity index (χ2v) is 8.49. The first-order chi connectivity index (χ1) is 15.5. The number of rotatable bonds is 5. The number of hydrogen-bond acceptors (Lipinski definition) is 6. The molecule has 32 heavy (non-hydrogen) atoms. The predicted molar refractivity (Wildman–Crippen MR) is 119 cm³/mol. The predicted octanol–water partition coefficient (Wildman–Crippen LogP) is 2.48. The van der Waals surface area contributed by atoms with Gasteiger partial charge in [0.25, 0.3) is 11.8 Å². The zero-order valence-corrected chi connectivity index (χ0v) is 18.2. The molecule has 9 heteroatoms. The van der Waals surface area contributed by atoms with Crippen LogP contribution >= 0.6 is 0 Å². The van der Waals surface area contributed by atoms with Crippen molar-refractivity contribution in [3.8, 4) is 5.75 Å². The maximum absolute atomic E-state index is 13.1. The monoisotopic (exact) mass is 434 g/mol. The summed E-state index contributed by atoms with van der Waals surface area (Å²) in [5.74, 6) is 0.189. The van der Waals surface area contributed by atoms with Crippen molar-refractivity contribution in [3.63, 3.8) is 0 Å². The van der Waals surface area contributed by atoms with Gasteiger partial charge in [0, 0.05) is 30.5 Å². The summed E-state index contributed by atoms with van der Waals surface area (Å²) in [7, 11) is 0. The second kappa shape index (κ2) is 8.23. The van der Waals surface area contributed by atoms with Crippen LogP contribution in [-0.2, 0) is 6.54 Å². The number of piperidine rings is 1. The molecule has 0 saturated carbocycles. The summed E-state index contributed by atoms with van der Waals surface area (Å²) in [6.45, 7) is 6.21. The van der Waals surface area contributed by atoms with Gasteiger partial charge in [0.15, 0.2) is 5.65 Å². The Balaban J connectivity index is 1.46. The first-order valence-electron chi connectivity index (χ1n) is 11.0. The van der Waals surface area contributed by atoms with Crippen molar-refractivity contribution in [2.45, 2.75) is 45.4 Å². The number of aromatic nitrogens is 3. The molecule has 1 fully saturated rings. The molecule has 0 bridgehead atoms. The number of fused-ring (bicyclic) bond motifs is 2. The van der Waals surface area contributed by atoms with E-state index in [0.717, 1.165) is 31.5 Å². The fourth-order valence-electron chi connectivity index (χ4n) is 4.40. The highest BCUT2D eigenvalue weighted by Crippen LogP contribution is 2.36. The molecule has 2 aromatic heterocycles. The van der Waals surface area contributed by atoms with Crippen LogP contribution in [0.5, 0.6) is 5.75 Å². The molecule has 0 atom stereocenters. The lowest BCUT2D eigenvalue weighted by Crippen LogP contribution is -2.43. The molecule has 9 nitrogen and oxygen atoms in total. The first kappa shape index (κ1) is 20.4. The van der Waals surface area contributed by atoms with Crippen molar-refractivity contribution < 1.29 is 14.3 Å². The van der Waals surface area contributed by atoms with E-state index in [1.54, 1.807) is 29.0 Å². The molecule has 2 N–H and O–H groups in total. The summed E-state index contributed by atoms with van der Waals surface area (Å²) in [4.78, 5) is 32.4. The van der Waals surface area contributed by atoms with Crippen LogP contribution in [0.4, 0.5) is 5.69 Å². The molecule has 0 aliphatic carbocycles. The zero-order chi connectivity index (χ0) is 22.2. The Morgan fingerprint density at radius 3 is 2.88 bits per heavy atom. The Kier molecular flexibility index (Phi) is 5.26. The summed E-state index contributed by atoms with van der Waals surface area (Å²) < 4.78 is 7.53. The Morgan fingerprint density at radius 2 is 2.09 bits per heavy atom. The summed E-state index contributed by atoms with van der Waals surface area (Å²) in [6.07, 6.45) is 6.64. The smallest absolute Gasteiger partial charge is 0.261 e. The van der Waals surface area contributed by atoms with Gasteiger partial charge in [0.1, 0.15) is 11.3 Å². The first-order valence-corrected chi connectivity index (χ1v) is 11.0. The van der Waals surface area contributed by atoms with Gasteiger partial charge in [-0.3, -0.25) is 9.59 Å². The quantitative estimate of drug-likeness (QED) is 0.640. The SMILES string of the molecule is CC(C)Oc1cc2c(cc1NC(=O)c1cnn3cccnc13)CN(C1CCNCC1)C2=O. The van der Waals surface area contributed by atoms with E-state index in [-0.39, 0.29) is 24.0 Å². The average molecular weight is 435 g/mol. The van der Waals surface area contributed by atoms with Crippen molar-refractivity contribution in [1.82, 2.24) is 24.8 Å². The van der Waals surface area contributed by atoms with Gasteiger partial charge in [-0.25, -0.2) is 9.50 Å². The number of anilines is 1. The van der Waals surface area contributed by atoms with E-state index < -0.39 is 0 Å². The average Bonchev–Trinajstić information content (AvgIpc) is 3.36. The van der Waals surface area contributed by atoms with E-state index in [9.17, 15) is 9.59 Å². The van der Waals surface area contributed by atoms with E-state index in [2.05, 4.69) is 20.7 Å². The minimum atomic E-state index is -0.327. The van der Waals surface area contributed by atoms with Crippen molar-refractivity contribution in [2.75, 3.05) is 18.4 Å². The molecule has 2 aliphatic heterocycles. The van der Waals surface area contributed by atoms with E-state index in [1.807, 2.05) is 24.8 Å². The molecule has 2 amide bonds. The van der Waals surface area contributed by atoms with Gasteiger partial charge in [-0.2, -0.15) is 5.10 Å². The number of hydrogen-bond donors (Lipinski definition) is 2. The van der Waals surface area contributed by atoms with Gasteiger partial charge in [0.05, 0.1) is 18.0 Å². The van der Waals surface area contributed by atoms with Crippen molar-refractivity contribution >= 4 is 23.1 Å². The van der Waals surface area contributed by atoms with Gasteiger partial charge in [-0.05, 0) is 63.5 Å². The minimum absolute atomic E-state index is 0.0326. The summed E-state index contributed by atoms with van der Waals surface area (Å²) in [5.41, 5.74) is 2.93. The molecular formula is C23H26N6O3. The summed E-state index contributed by atoms with van der Waals surface area (Å²) in [5, 5.41) is 10.5. The largest absolute Gasteiger partial charge is 0.489 e. The summed E-state index contributed by atoms with van der Waals surface area (Å²) >= 11 is 0. The van der Waals surface area contributed by atoms with Crippen LogP contribution in [0.25, 0.3) is 5.65 Å². The van der Waals surface area contributed by atoms with Crippen LogP contribution in [0.1, 0.15) is 53.0 Å². The zero-order valence-electron chi connectivity index (χ0n) is 18.2. The molecule has 3 aromatic rings. The number of nitrogens with zero attached hydrogens (tertiary/aromatic N) is 4. The van der Waals surface area contributed by atoms with Gasteiger partial charge < -0.3 is 20.3 Å². The Bertz CT molecular complexity index is 1180. The van der Waals surface area contributed by atoms with Crippen LogP contribution < -0.4 is 15.4 Å². The van der Waals surface area contributed by atoms with Crippen LogP contribution in [0.2, 0.25) is 0 Å². The highest BCUT2D eigenvalue weighted by Gasteiger charge is 2.34. The van der Waals surface area contributed by atoms with Crippen LogP contribution in [0.15, 0.2) is 36.8 Å². The molecule has 0 radical (unpaired) electrons. The molecule has 166 valence electrons. The van der Waals surface area contributed by atoms with Crippen molar-refractivity contribution in [1.29, 1.82) is 0 Å². The third kappa shape index (κ3) is 3.69. The topological polar surface area (TPSA) is 101 Å². The van der Waals surface area contributed by atoms with Crippen LogP contribution in [0.3, 0.4) is 0 Å². The number of nitrogens with one attached hydrogen (secondary N) is 2. The van der Waals surface area contributed by atoms with Gasteiger partial charge in [-0.15, -0.1) is 0 Å².